The third-order valence-corrected chi connectivity index (χ3v) is 6.91. The Labute approximate surface area is 207 Å². The zero-order valence-corrected chi connectivity index (χ0v) is 23.4. The lowest BCUT2D eigenvalue weighted by Gasteiger charge is -2.12. The molecule has 0 aliphatic carbocycles. The molecule has 0 saturated carbocycles. The van der Waals surface area contributed by atoms with E-state index in [1.807, 2.05) is 77.9 Å². The number of carbonyl (C=O) groups excluding carboxylic acids is 1. The van der Waals surface area contributed by atoms with Crippen LogP contribution in [-0.4, -0.2) is 30.4 Å². The van der Waals surface area contributed by atoms with Gasteiger partial charge in [-0.1, -0.05) is 56.1 Å². The predicted molar refractivity (Wildman–Crippen MR) is 141 cm³/mol. The third kappa shape index (κ3) is 14.6. The molecule has 0 aliphatic rings. The van der Waals surface area contributed by atoms with Crippen LogP contribution in [0.3, 0.4) is 0 Å². The van der Waals surface area contributed by atoms with E-state index < -0.39 is 22.0 Å². The quantitative estimate of drug-likeness (QED) is 0.349. The molecule has 2 rings (SSSR count). The molecule has 0 aromatic heterocycles. The zero-order chi connectivity index (χ0) is 24.2. The number of hydrogen-bond donors (Lipinski definition) is 1. The molecule has 0 spiro atoms. The lowest BCUT2D eigenvalue weighted by Crippen LogP contribution is -2.27. The van der Waals surface area contributed by atoms with Gasteiger partial charge in [-0.3, -0.25) is 9.93 Å². The number of halogens is 2. The van der Waals surface area contributed by atoms with E-state index in [-0.39, 0.29) is 9.49 Å². The molecule has 2 aromatic rings. The van der Waals surface area contributed by atoms with Crippen molar-refractivity contribution in [3.8, 4) is 0 Å². The minimum atomic E-state index is -1.19. The molecule has 0 unspecified atom stereocenters. The number of hydrogen-bond acceptors (Lipinski definition) is 3. The summed E-state index contributed by atoms with van der Waals surface area (Å²) in [5.74, 6) is 0. The molecule has 2 aromatic carbocycles. The summed E-state index contributed by atoms with van der Waals surface area (Å²) in [6.45, 7) is 11.2. The Bertz CT molecular complexity index is 887. The first kappa shape index (κ1) is 30.0. The fraction of sp³-hybridized carbons (Fsp3) is 0.364. The Morgan fingerprint density at radius 3 is 1.42 bits per heavy atom. The Hall–Kier alpha value is -1.00. The molecule has 0 saturated heterocycles. The number of nitrogens with two attached hydrogens (primary N) is 1. The van der Waals surface area contributed by atoms with Crippen LogP contribution < -0.4 is 5.14 Å². The predicted octanol–water partition coefficient (Wildman–Crippen LogP) is 6.00. The zero-order valence-electron chi connectivity index (χ0n) is 18.6. The highest BCUT2D eigenvalue weighted by molar-refractivity contribution is 9.10. The fourth-order valence-corrected chi connectivity index (χ4v) is 2.42. The van der Waals surface area contributed by atoms with Crippen LogP contribution in [0.15, 0.2) is 61.9 Å². The Morgan fingerprint density at radius 2 is 1.13 bits per heavy atom. The van der Waals surface area contributed by atoms with Gasteiger partial charge in [0.15, 0.2) is 0 Å². The van der Waals surface area contributed by atoms with Gasteiger partial charge in [-0.2, -0.15) is 4.40 Å². The molecule has 0 bridgehead atoms. The van der Waals surface area contributed by atoms with Gasteiger partial charge in [-0.15, -0.1) is 0 Å². The molecular weight excluding hydrogens is 564 g/mol. The number of aldehydes is 1. The van der Waals surface area contributed by atoms with Crippen LogP contribution in [0.25, 0.3) is 0 Å². The summed E-state index contributed by atoms with van der Waals surface area (Å²) < 4.78 is 27.5. The Balaban J connectivity index is 0.000000479. The van der Waals surface area contributed by atoms with Crippen molar-refractivity contribution in [2.75, 3.05) is 0 Å². The molecule has 0 fully saturated rings. The SMILES string of the molecule is CC(C)(C)[S@@](N)=O.CC(C)(C)[S@](=O)N=Cc1ccc(Br)cc1.O=Cc1ccc(Br)cc1. The first-order valence-electron chi connectivity index (χ1n) is 9.25. The highest BCUT2D eigenvalue weighted by Gasteiger charge is 2.18. The molecule has 2 N–H and O–H groups in total. The number of nitrogens with zero attached hydrogens (tertiary/aromatic N) is 1. The van der Waals surface area contributed by atoms with Crippen molar-refractivity contribution in [2.24, 2.45) is 9.54 Å². The molecule has 5 nitrogen and oxygen atoms in total. The molecule has 0 aliphatic heterocycles. The van der Waals surface area contributed by atoms with Crippen LogP contribution >= 0.6 is 31.9 Å². The average Bonchev–Trinajstić information content (AvgIpc) is 2.67. The van der Waals surface area contributed by atoms with Crippen molar-refractivity contribution in [2.45, 2.75) is 51.0 Å². The highest BCUT2D eigenvalue weighted by Crippen LogP contribution is 2.13. The minimum absolute atomic E-state index is 0.250. The largest absolute Gasteiger partial charge is 0.298 e. The second-order valence-corrected chi connectivity index (χ2v) is 13.8. The smallest absolute Gasteiger partial charge is 0.150 e. The van der Waals surface area contributed by atoms with E-state index in [4.69, 9.17) is 5.14 Å². The fourth-order valence-electron chi connectivity index (χ4n) is 1.36. The van der Waals surface area contributed by atoms with Crippen LogP contribution in [0.5, 0.6) is 0 Å². The first-order chi connectivity index (χ1) is 14.2. The summed E-state index contributed by atoms with van der Waals surface area (Å²) in [7, 11) is -2.37. The van der Waals surface area contributed by atoms with Crippen molar-refractivity contribution >= 4 is 66.3 Å². The van der Waals surface area contributed by atoms with Crippen molar-refractivity contribution in [1.82, 2.24) is 0 Å². The van der Waals surface area contributed by atoms with Gasteiger partial charge in [0.1, 0.15) is 17.3 Å². The molecule has 0 amide bonds. The highest BCUT2D eigenvalue weighted by atomic mass is 79.9. The topological polar surface area (TPSA) is 89.6 Å². The van der Waals surface area contributed by atoms with Gasteiger partial charge in [0.2, 0.25) is 0 Å². The van der Waals surface area contributed by atoms with Gasteiger partial charge in [0.05, 0.1) is 20.5 Å². The van der Waals surface area contributed by atoms with Crippen LogP contribution in [-0.2, 0) is 22.0 Å². The number of rotatable bonds is 3. The minimum Gasteiger partial charge on any atom is -0.298 e. The second kappa shape index (κ2) is 14.2. The molecule has 2 atom stereocenters. The van der Waals surface area contributed by atoms with Crippen molar-refractivity contribution in [3.05, 3.63) is 68.6 Å². The molecule has 31 heavy (non-hydrogen) atoms. The maximum atomic E-state index is 11.6. The van der Waals surface area contributed by atoms with E-state index in [0.29, 0.717) is 5.56 Å². The van der Waals surface area contributed by atoms with Gasteiger partial charge in [0.25, 0.3) is 0 Å². The Kier molecular flexibility index (Phi) is 13.8. The summed E-state index contributed by atoms with van der Waals surface area (Å²) in [6.07, 6.45) is 2.47. The summed E-state index contributed by atoms with van der Waals surface area (Å²) in [6, 6.07) is 14.9. The van der Waals surface area contributed by atoms with Gasteiger partial charge < -0.3 is 0 Å². The summed E-state index contributed by atoms with van der Waals surface area (Å²) in [5.41, 5.74) is 1.66. The molecule has 9 heteroatoms. The molecular formula is C22H30Br2N2O3S2. The van der Waals surface area contributed by atoms with E-state index in [1.165, 1.54) is 0 Å². The van der Waals surface area contributed by atoms with Crippen molar-refractivity contribution < 1.29 is 13.2 Å². The summed E-state index contributed by atoms with van der Waals surface area (Å²) in [5, 5.41) is 5.04. The van der Waals surface area contributed by atoms with E-state index >= 15 is 0 Å². The Morgan fingerprint density at radius 1 is 0.774 bits per heavy atom. The second-order valence-electron chi connectivity index (χ2n) is 8.23. The van der Waals surface area contributed by atoms with Gasteiger partial charge in [-0.05, 0) is 71.4 Å². The molecule has 172 valence electrons. The van der Waals surface area contributed by atoms with Gasteiger partial charge in [0, 0.05) is 20.7 Å². The van der Waals surface area contributed by atoms with Crippen LogP contribution in [0.2, 0.25) is 0 Å². The lowest BCUT2D eigenvalue weighted by molar-refractivity contribution is 0.112. The normalized spacial score (nSPS) is 13.3. The van der Waals surface area contributed by atoms with Crippen LogP contribution in [0.1, 0.15) is 57.5 Å². The standard InChI is InChI=1S/C11H14BrNOS.C7H5BrO.C4H11NOS/c1-11(2,3)15(14)13-8-9-4-6-10(12)7-5-9;8-7-3-1-6(5-9)2-4-7;1-4(2,3)7(5)6/h4-8H,1-3H3;1-5H;5H2,1-3H3/t15-;;7-/m0.0/s1. The van der Waals surface area contributed by atoms with Crippen LogP contribution in [0.4, 0.5) is 0 Å². The van der Waals surface area contributed by atoms with Crippen molar-refractivity contribution in [3.63, 3.8) is 0 Å². The summed E-state index contributed by atoms with van der Waals surface area (Å²) >= 11 is 6.61. The third-order valence-electron chi connectivity index (χ3n) is 3.30. The van der Waals surface area contributed by atoms with E-state index in [0.717, 1.165) is 20.8 Å². The van der Waals surface area contributed by atoms with E-state index in [2.05, 4.69) is 36.3 Å². The van der Waals surface area contributed by atoms with Gasteiger partial charge >= 0.3 is 0 Å². The average molecular weight is 594 g/mol. The van der Waals surface area contributed by atoms with Crippen LogP contribution in [0, 0.1) is 0 Å². The maximum absolute atomic E-state index is 11.6. The molecule has 0 heterocycles. The summed E-state index contributed by atoms with van der Waals surface area (Å²) in [4.78, 5) is 10.1. The monoisotopic (exact) mass is 592 g/mol. The lowest BCUT2D eigenvalue weighted by atomic mass is 10.2. The van der Waals surface area contributed by atoms with Gasteiger partial charge in [-0.25, -0.2) is 8.42 Å². The van der Waals surface area contributed by atoms with E-state index in [9.17, 15) is 13.2 Å². The van der Waals surface area contributed by atoms with E-state index in [1.54, 1.807) is 18.3 Å². The number of carbonyl (C=O) groups is 1. The maximum Gasteiger partial charge on any atom is 0.150 e. The number of benzene rings is 2. The first-order valence-corrected chi connectivity index (χ1v) is 13.2. The van der Waals surface area contributed by atoms with Crippen molar-refractivity contribution in [1.29, 1.82) is 0 Å². The molecule has 0 radical (unpaired) electrons.